The van der Waals surface area contributed by atoms with E-state index in [9.17, 15) is 9.59 Å². The van der Waals surface area contributed by atoms with Crippen molar-refractivity contribution < 1.29 is 9.59 Å². The molecular weight excluding hydrogens is 304 g/mol. The molecule has 0 bridgehead atoms. The predicted molar refractivity (Wildman–Crippen MR) is 92.1 cm³/mol. The second kappa shape index (κ2) is 7.36. The van der Waals surface area contributed by atoms with E-state index in [0.717, 1.165) is 63.9 Å². The highest BCUT2D eigenvalue weighted by atomic mass is 16.2. The SMILES string of the molecule is CCC(C)NC(=O)c1nc(C(=O)N2CCCCC2)c2n1CCCC2. The van der Waals surface area contributed by atoms with Crippen molar-refractivity contribution in [2.75, 3.05) is 13.1 Å². The molecule has 3 rings (SSSR count). The van der Waals surface area contributed by atoms with Crippen LogP contribution in [0.1, 0.15) is 79.2 Å². The summed E-state index contributed by atoms with van der Waals surface area (Å²) in [6.45, 7) is 6.41. The molecule has 1 aromatic heterocycles. The Bertz CT molecular complexity index is 617. The molecule has 132 valence electrons. The average Bonchev–Trinajstić information content (AvgIpc) is 3.01. The topological polar surface area (TPSA) is 67.2 Å². The molecule has 24 heavy (non-hydrogen) atoms. The van der Waals surface area contributed by atoms with E-state index in [-0.39, 0.29) is 17.9 Å². The van der Waals surface area contributed by atoms with Gasteiger partial charge in [0, 0.05) is 25.7 Å². The van der Waals surface area contributed by atoms with E-state index in [0.29, 0.717) is 11.5 Å². The molecule has 1 atom stereocenters. The molecule has 1 aromatic rings. The number of carbonyl (C=O) groups is 2. The summed E-state index contributed by atoms with van der Waals surface area (Å²) in [5, 5.41) is 2.98. The van der Waals surface area contributed by atoms with Gasteiger partial charge in [0.1, 0.15) is 5.69 Å². The van der Waals surface area contributed by atoms with Crippen LogP contribution < -0.4 is 5.32 Å². The van der Waals surface area contributed by atoms with Crippen LogP contribution in [0.3, 0.4) is 0 Å². The summed E-state index contributed by atoms with van der Waals surface area (Å²) in [6.07, 6.45) is 7.10. The van der Waals surface area contributed by atoms with Crippen LogP contribution in [0, 0.1) is 0 Å². The summed E-state index contributed by atoms with van der Waals surface area (Å²) in [7, 11) is 0. The Morgan fingerprint density at radius 3 is 2.54 bits per heavy atom. The summed E-state index contributed by atoms with van der Waals surface area (Å²) in [4.78, 5) is 31.9. The Labute approximate surface area is 143 Å². The molecule has 1 N–H and O–H groups in total. The van der Waals surface area contributed by atoms with Gasteiger partial charge < -0.3 is 14.8 Å². The molecule has 2 aliphatic rings. The molecule has 0 spiro atoms. The van der Waals surface area contributed by atoms with Gasteiger partial charge in [-0.1, -0.05) is 6.92 Å². The maximum atomic E-state index is 12.9. The molecule has 0 radical (unpaired) electrons. The summed E-state index contributed by atoms with van der Waals surface area (Å²) < 4.78 is 1.97. The van der Waals surface area contributed by atoms with E-state index in [1.165, 1.54) is 6.42 Å². The van der Waals surface area contributed by atoms with Crippen molar-refractivity contribution in [1.82, 2.24) is 19.8 Å². The molecule has 3 heterocycles. The quantitative estimate of drug-likeness (QED) is 0.920. The lowest BCUT2D eigenvalue weighted by Crippen LogP contribution is -2.36. The van der Waals surface area contributed by atoms with Gasteiger partial charge in [-0.2, -0.15) is 0 Å². The van der Waals surface area contributed by atoms with E-state index in [4.69, 9.17) is 0 Å². The molecular formula is C18H28N4O2. The largest absolute Gasteiger partial charge is 0.347 e. The third-order valence-electron chi connectivity index (χ3n) is 5.16. The first kappa shape index (κ1) is 17.0. The maximum absolute atomic E-state index is 12.9. The van der Waals surface area contributed by atoms with Crippen LogP contribution in [0.15, 0.2) is 0 Å². The zero-order valence-electron chi connectivity index (χ0n) is 14.8. The maximum Gasteiger partial charge on any atom is 0.287 e. The Morgan fingerprint density at radius 2 is 1.83 bits per heavy atom. The van der Waals surface area contributed by atoms with Crippen molar-refractivity contribution in [1.29, 1.82) is 0 Å². The zero-order chi connectivity index (χ0) is 17.1. The molecule has 0 aliphatic carbocycles. The number of hydrogen-bond donors (Lipinski definition) is 1. The van der Waals surface area contributed by atoms with Gasteiger partial charge in [-0.3, -0.25) is 9.59 Å². The number of piperidine rings is 1. The highest BCUT2D eigenvalue weighted by molar-refractivity contribution is 5.97. The summed E-state index contributed by atoms with van der Waals surface area (Å²) in [5.41, 5.74) is 1.46. The van der Waals surface area contributed by atoms with Crippen LogP contribution in [0.25, 0.3) is 0 Å². The smallest absolute Gasteiger partial charge is 0.287 e. The highest BCUT2D eigenvalue weighted by Gasteiger charge is 2.30. The van der Waals surface area contributed by atoms with Crippen molar-refractivity contribution >= 4 is 11.8 Å². The zero-order valence-corrected chi connectivity index (χ0v) is 14.8. The highest BCUT2D eigenvalue weighted by Crippen LogP contribution is 2.23. The Hall–Kier alpha value is -1.85. The van der Waals surface area contributed by atoms with Gasteiger partial charge in [-0.25, -0.2) is 4.98 Å². The Balaban J connectivity index is 1.89. The fourth-order valence-electron chi connectivity index (χ4n) is 3.52. The third kappa shape index (κ3) is 3.32. The van der Waals surface area contributed by atoms with Gasteiger partial charge in [0.15, 0.2) is 5.82 Å². The van der Waals surface area contributed by atoms with Crippen LogP contribution in [-0.2, 0) is 13.0 Å². The van der Waals surface area contributed by atoms with Crippen LogP contribution in [0.5, 0.6) is 0 Å². The molecule has 2 aliphatic heterocycles. The van der Waals surface area contributed by atoms with Crippen LogP contribution in [0.4, 0.5) is 0 Å². The number of carbonyl (C=O) groups excluding carboxylic acids is 2. The lowest BCUT2D eigenvalue weighted by atomic mass is 10.1. The predicted octanol–water partition coefficient (Wildman–Crippen LogP) is 2.37. The second-order valence-corrected chi connectivity index (χ2v) is 6.98. The normalized spacial score (nSPS) is 18.8. The lowest BCUT2D eigenvalue weighted by molar-refractivity contribution is 0.0717. The number of nitrogens with one attached hydrogen (secondary N) is 1. The standard InChI is InChI=1S/C18H28N4O2/c1-3-13(2)19-17(23)16-20-15(14-9-5-8-12-22(14)16)18(24)21-10-6-4-7-11-21/h13H,3-12H2,1-2H3,(H,19,23). The number of amides is 2. The van der Waals surface area contributed by atoms with Crippen molar-refractivity contribution in [3.05, 3.63) is 17.2 Å². The van der Waals surface area contributed by atoms with E-state index in [1.807, 2.05) is 23.3 Å². The number of fused-ring (bicyclic) bond motifs is 1. The molecule has 0 saturated carbocycles. The first-order valence-corrected chi connectivity index (χ1v) is 9.31. The van der Waals surface area contributed by atoms with E-state index in [2.05, 4.69) is 10.3 Å². The first-order valence-electron chi connectivity index (χ1n) is 9.31. The third-order valence-corrected chi connectivity index (χ3v) is 5.16. The minimum Gasteiger partial charge on any atom is -0.347 e. The molecule has 6 nitrogen and oxygen atoms in total. The lowest BCUT2D eigenvalue weighted by Gasteiger charge is -2.26. The average molecular weight is 332 g/mol. The minimum absolute atomic E-state index is 0.00272. The van der Waals surface area contributed by atoms with Crippen molar-refractivity contribution in [2.45, 2.75) is 71.4 Å². The number of nitrogens with zero attached hydrogens (tertiary/aromatic N) is 3. The van der Waals surface area contributed by atoms with Crippen LogP contribution in [-0.4, -0.2) is 45.4 Å². The monoisotopic (exact) mass is 332 g/mol. The summed E-state index contributed by atoms with van der Waals surface area (Å²) >= 11 is 0. The number of imidazole rings is 1. The van der Waals surface area contributed by atoms with Gasteiger partial charge >= 0.3 is 0 Å². The van der Waals surface area contributed by atoms with E-state index in [1.54, 1.807) is 0 Å². The van der Waals surface area contributed by atoms with E-state index < -0.39 is 0 Å². The van der Waals surface area contributed by atoms with Crippen LogP contribution >= 0.6 is 0 Å². The molecule has 0 aromatic carbocycles. The summed E-state index contributed by atoms with van der Waals surface area (Å²) in [5.74, 6) is 0.249. The second-order valence-electron chi connectivity index (χ2n) is 6.98. The number of likely N-dealkylation sites (tertiary alicyclic amines) is 1. The number of hydrogen-bond acceptors (Lipinski definition) is 3. The minimum atomic E-state index is -0.162. The van der Waals surface area contributed by atoms with Crippen molar-refractivity contribution in [3.8, 4) is 0 Å². The van der Waals surface area contributed by atoms with Gasteiger partial charge in [-0.05, 0) is 51.9 Å². The van der Waals surface area contributed by atoms with Gasteiger partial charge in [0.05, 0.1) is 5.69 Å². The molecule has 1 unspecified atom stereocenters. The number of aromatic nitrogens is 2. The Morgan fingerprint density at radius 1 is 1.12 bits per heavy atom. The van der Waals surface area contributed by atoms with Crippen molar-refractivity contribution in [2.24, 2.45) is 0 Å². The molecule has 1 saturated heterocycles. The fraction of sp³-hybridized carbons (Fsp3) is 0.722. The number of rotatable bonds is 4. The van der Waals surface area contributed by atoms with Gasteiger partial charge in [0.25, 0.3) is 11.8 Å². The molecule has 6 heteroatoms. The molecule has 1 fully saturated rings. The van der Waals surface area contributed by atoms with Crippen molar-refractivity contribution in [3.63, 3.8) is 0 Å². The Kier molecular flexibility index (Phi) is 5.21. The van der Waals surface area contributed by atoms with Gasteiger partial charge in [-0.15, -0.1) is 0 Å². The van der Waals surface area contributed by atoms with E-state index >= 15 is 0 Å². The summed E-state index contributed by atoms with van der Waals surface area (Å²) in [6, 6.07) is 0.107. The first-order chi connectivity index (χ1) is 11.6. The van der Waals surface area contributed by atoms with Gasteiger partial charge in [0.2, 0.25) is 0 Å². The molecule has 2 amide bonds. The fourth-order valence-corrected chi connectivity index (χ4v) is 3.52. The van der Waals surface area contributed by atoms with Crippen LogP contribution in [0.2, 0.25) is 0 Å².